The summed E-state index contributed by atoms with van der Waals surface area (Å²) in [4.78, 5) is 121. The Morgan fingerprint density at radius 1 is 0.654 bits per heavy atom. The van der Waals surface area contributed by atoms with Crippen LogP contribution in [-0.4, -0.2) is 222 Å². The summed E-state index contributed by atoms with van der Waals surface area (Å²) in [6.07, 6.45) is -16.3. The van der Waals surface area contributed by atoms with Crippen molar-refractivity contribution in [3.8, 4) is 62.9 Å². The molecule has 6 aromatic carbocycles. The van der Waals surface area contributed by atoms with Crippen LogP contribution >= 0.6 is 23.2 Å². The lowest BCUT2D eigenvalue weighted by Gasteiger charge is -2.48. The minimum atomic E-state index is -2.39. The molecule has 0 aromatic heterocycles. The van der Waals surface area contributed by atoms with Crippen molar-refractivity contribution in [2.75, 3.05) is 20.3 Å². The molecule has 11 bridgehead atoms. The second-order valence-corrected chi connectivity index (χ2v) is 34.6. The van der Waals surface area contributed by atoms with E-state index >= 15 is 24.0 Å². The van der Waals surface area contributed by atoms with Crippen molar-refractivity contribution >= 4 is 70.5 Å². The molecule has 0 radical (unpaired) electrons. The van der Waals surface area contributed by atoms with Crippen LogP contribution in [0.3, 0.4) is 0 Å². The number of carbonyl (C=O) groups excluding carboxylic acids is 7. The summed E-state index contributed by atoms with van der Waals surface area (Å²) in [5.74, 6) is -15.4. The molecular formula is C88H110Cl2N10O27. The zero-order chi connectivity index (χ0) is 91.9. The molecule has 3 fully saturated rings. The molecule has 8 aliphatic heterocycles. The number of primary amides is 1. The van der Waals surface area contributed by atoms with E-state index < -0.39 is 261 Å². The molecule has 0 spiro atoms. The fourth-order valence-corrected chi connectivity index (χ4v) is 16.9. The minimum Gasteiger partial charge on any atom is -0.508 e. The first-order valence-electron chi connectivity index (χ1n) is 42.0. The SMILES string of the molecule is CCCCCCCCOc1ccc(CN[C@@]2(C)C[C@H](O[C@H]3[C@H](Oc4c5cc6cc4Oc4ccc(cc4Cl)[C@@H](O[C@H]4C[C@](C)(N)[C@H](O)[C@H](C)O4)[C@@H]4NC(=O)[C@H](NC(=O)[C@@H]6NC(=O)[C@H](CC(N)=O)NC(=O)[C@H](NC(=O)[C@@H](CC(C)C)NC)[C@H](O)c6ccc(c(Cl)c6)O5)c5ccc(O)c(c5)-c5c(O)cc(O)cc5[C@H](C(=O)O)NC4=O)O[C@H](CO)[C@@H](O)[C@@H]3O)O[C@@H](C)[C@H]2O)cc1. The zero-order valence-corrected chi connectivity index (χ0v) is 72.5. The topological polar surface area (TPSA) is 570 Å². The van der Waals surface area contributed by atoms with Crippen LogP contribution in [0.25, 0.3) is 11.1 Å². The molecule has 22 N–H and O–H groups in total. The Balaban J connectivity index is 1.05. The summed E-state index contributed by atoms with van der Waals surface area (Å²) in [5, 5.41) is 138. The third kappa shape index (κ3) is 22.2. The van der Waals surface area contributed by atoms with Crippen LogP contribution in [0.4, 0.5) is 0 Å². The standard InChI is InChI=1S/C88H110Cl2N10O27/c1-9-10-11-12-13-14-25-119-48-20-15-42(16-21-48)37-94-88(7)36-64(121-41(5)78(88)110)126-76-73(108)72(107)61(38-101)124-86(76)127-75-59-30-46-31-60(75)123-58-24-19-45(29-52(58)90)74(125-63-35-87(6,92)77(109)40(4)120-63)70-84(116)98-68(85(117)118)50-32-47(102)33-56(104)65(50)49-27-43(17-22-55(49)103)66(81(113)100-70)97-82(114)67(46)96-80(112)54(34-62(91)105)95-83(115)69(99-79(111)53(93-8)26-39(2)3)71(106)44-18-23-57(122-59)51(89)28-44/h15-24,27-33,39-41,53-54,61,63-64,66-74,76-78,86,93-94,101-104,106-110H,9-14,25-26,34-38,92H2,1-8H3,(H2,91,105)(H,95,115)(H,96,112)(H,97,114)(H,98,116)(H,99,111)(H,100,113)(H,117,118)/t40-,41-,53+,54-,61+,63-,64-,66+,67+,68+,69+,70-,71+,72+,73-,74+,76+,77+,78+,86-,87-,88-/m0/s1. The summed E-state index contributed by atoms with van der Waals surface area (Å²) >= 11 is 14.7. The Morgan fingerprint density at radius 3 is 1.90 bits per heavy atom. The Hall–Kier alpha value is -10.3. The number of carboxylic acid groups (broad SMARTS) is 1. The van der Waals surface area contributed by atoms with Gasteiger partial charge in [-0.1, -0.05) is 106 Å². The van der Waals surface area contributed by atoms with Gasteiger partial charge in [0, 0.05) is 53.2 Å². The minimum absolute atomic E-state index is 0.117. The number of carbonyl (C=O) groups is 8. The second-order valence-electron chi connectivity index (χ2n) is 33.8. The number of hydrogen-bond donors (Lipinski definition) is 20. The number of phenols is 3. The number of aliphatic hydroxyl groups is 6. The number of phenolic OH excluding ortho intramolecular Hbond substituents is 3. The summed E-state index contributed by atoms with van der Waals surface area (Å²) in [6, 6.07) is 7.09. The van der Waals surface area contributed by atoms with Gasteiger partial charge in [0.25, 0.3) is 0 Å². The smallest absolute Gasteiger partial charge is 0.330 e. The van der Waals surface area contributed by atoms with Crippen molar-refractivity contribution in [1.82, 2.24) is 42.5 Å². The lowest BCUT2D eigenvalue weighted by molar-refractivity contribution is -0.334. The lowest BCUT2D eigenvalue weighted by atomic mass is 9.84. The number of amides is 7. The number of hydrogen-bond acceptors (Lipinski definition) is 29. The zero-order valence-electron chi connectivity index (χ0n) is 71.0. The first kappa shape index (κ1) is 95.8. The molecule has 22 atom stereocenters. The fraction of sp³-hybridized carbons (Fsp3) is 0.500. The number of aliphatic carboxylic acids is 1. The second kappa shape index (κ2) is 41.0. The molecule has 127 heavy (non-hydrogen) atoms. The molecule has 8 aliphatic rings. The van der Waals surface area contributed by atoms with Gasteiger partial charge in [0.2, 0.25) is 53.4 Å². The fourth-order valence-electron chi connectivity index (χ4n) is 16.5. The Bertz CT molecular complexity index is 5020. The summed E-state index contributed by atoms with van der Waals surface area (Å²) in [5.41, 5.74) is 7.84. The lowest BCUT2D eigenvalue weighted by Crippen LogP contribution is -2.65. The normalized spacial score (nSPS) is 29.5. The molecule has 39 heteroatoms. The van der Waals surface area contributed by atoms with E-state index in [4.69, 9.17) is 77.3 Å². The van der Waals surface area contributed by atoms with E-state index in [-0.39, 0.29) is 59.2 Å². The number of likely N-dealkylation sites (N-methyl/N-ethyl adjacent to an activating group) is 1. The number of aliphatic hydroxyl groups excluding tert-OH is 6. The average molecular weight is 1810 g/mol. The molecule has 3 saturated heterocycles. The van der Waals surface area contributed by atoms with Crippen molar-refractivity contribution < 1.29 is 132 Å². The summed E-state index contributed by atoms with van der Waals surface area (Å²) in [7, 11) is 1.48. The Kier molecular flexibility index (Phi) is 30.9. The molecule has 688 valence electrons. The van der Waals surface area contributed by atoms with Crippen LogP contribution < -0.4 is 72.9 Å². The Labute approximate surface area is 741 Å². The van der Waals surface area contributed by atoms with Gasteiger partial charge < -0.3 is 148 Å². The van der Waals surface area contributed by atoms with Gasteiger partial charge >= 0.3 is 5.97 Å². The maximum Gasteiger partial charge on any atom is 0.330 e. The van der Waals surface area contributed by atoms with Crippen molar-refractivity contribution in [1.29, 1.82) is 0 Å². The van der Waals surface area contributed by atoms with Gasteiger partial charge in [0.05, 0.1) is 60.1 Å². The van der Waals surface area contributed by atoms with Crippen LogP contribution in [0.15, 0.2) is 103 Å². The maximum absolute atomic E-state index is 16.6. The molecule has 6 aromatic rings. The van der Waals surface area contributed by atoms with Crippen LogP contribution in [0, 0.1) is 5.92 Å². The monoisotopic (exact) mass is 1810 g/mol. The van der Waals surface area contributed by atoms with Gasteiger partial charge in [-0.2, -0.15) is 0 Å². The van der Waals surface area contributed by atoms with E-state index in [9.17, 15) is 65.4 Å². The Morgan fingerprint density at radius 2 is 1.27 bits per heavy atom. The van der Waals surface area contributed by atoms with Gasteiger partial charge in [-0.25, -0.2) is 4.79 Å². The van der Waals surface area contributed by atoms with Gasteiger partial charge in [-0.3, -0.25) is 33.6 Å². The largest absolute Gasteiger partial charge is 0.508 e. The molecule has 8 heterocycles. The van der Waals surface area contributed by atoms with E-state index in [2.05, 4.69) is 49.5 Å². The molecule has 14 rings (SSSR count). The highest BCUT2D eigenvalue weighted by molar-refractivity contribution is 6.32. The molecule has 0 unspecified atom stereocenters. The molecule has 7 amide bonds. The number of fused-ring (bicyclic) bond motifs is 15. The van der Waals surface area contributed by atoms with Gasteiger partial charge in [0.15, 0.2) is 36.2 Å². The van der Waals surface area contributed by atoms with E-state index in [1.165, 1.54) is 64.1 Å². The van der Waals surface area contributed by atoms with E-state index in [0.717, 1.165) is 79.8 Å². The first-order valence-corrected chi connectivity index (χ1v) is 42.8. The van der Waals surface area contributed by atoms with Crippen molar-refractivity contribution in [3.05, 3.63) is 147 Å². The van der Waals surface area contributed by atoms with Crippen molar-refractivity contribution in [3.63, 3.8) is 0 Å². The van der Waals surface area contributed by atoms with Crippen LogP contribution in [0.2, 0.25) is 10.0 Å². The van der Waals surface area contributed by atoms with E-state index in [1.807, 2.05) is 38.1 Å². The first-order chi connectivity index (χ1) is 60.3. The number of nitrogens with one attached hydrogen (secondary N) is 8. The summed E-state index contributed by atoms with van der Waals surface area (Å²) < 4.78 is 59.0. The van der Waals surface area contributed by atoms with E-state index in [0.29, 0.717) is 12.4 Å². The highest BCUT2D eigenvalue weighted by atomic mass is 35.5. The van der Waals surface area contributed by atoms with E-state index in [1.54, 1.807) is 13.8 Å². The van der Waals surface area contributed by atoms with Crippen LogP contribution in [0.5, 0.6) is 51.7 Å². The number of ether oxygens (including phenoxy) is 9. The number of nitrogens with two attached hydrogens (primary N) is 2. The number of unbranched alkanes of at least 4 members (excludes halogenated alkanes) is 5. The maximum atomic E-state index is 16.6. The van der Waals surface area contributed by atoms with Gasteiger partial charge in [0.1, 0.15) is 95.2 Å². The van der Waals surface area contributed by atoms with Crippen LogP contribution in [0.1, 0.15) is 176 Å². The van der Waals surface area contributed by atoms with Gasteiger partial charge in [-0.05, 0) is 148 Å². The third-order valence-electron chi connectivity index (χ3n) is 23.5. The summed E-state index contributed by atoms with van der Waals surface area (Å²) in [6.45, 7) is 11.8. The van der Waals surface area contributed by atoms with Crippen molar-refractivity contribution in [2.45, 2.75) is 252 Å². The highest BCUT2D eigenvalue weighted by Gasteiger charge is 2.53. The number of carboxylic acids is 1. The molecular weight excluding hydrogens is 1700 g/mol. The predicted octanol–water partition coefficient (Wildman–Crippen LogP) is 4.91. The average Bonchev–Trinajstić information content (AvgIpc) is 0.762. The molecule has 0 aliphatic carbocycles. The predicted molar refractivity (Wildman–Crippen MR) is 454 cm³/mol. The number of aromatic hydroxyl groups is 3. The van der Waals surface area contributed by atoms with Crippen LogP contribution in [-0.2, 0) is 68.6 Å². The third-order valence-corrected chi connectivity index (χ3v) is 24.1. The number of rotatable bonds is 26. The molecule has 0 saturated carbocycles. The highest BCUT2D eigenvalue weighted by Crippen LogP contribution is 2.51. The molecule has 37 nitrogen and oxygen atoms in total. The number of benzene rings is 6. The van der Waals surface area contributed by atoms with Gasteiger partial charge in [-0.15, -0.1) is 0 Å². The quantitative estimate of drug-likeness (QED) is 0.0321. The number of halogens is 2. The van der Waals surface area contributed by atoms with Crippen molar-refractivity contribution in [2.24, 2.45) is 17.4 Å².